The van der Waals surface area contributed by atoms with Crippen molar-refractivity contribution in [1.29, 1.82) is 0 Å². The highest BCUT2D eigenvalue weighted by molar-refractivity contribution is 5.30. The fraction of sp³-hybridized carbons (Fsp3) is 0.400. The maximum absolute atomic E-state index is 5.10. The molecule has 3 nitrogen and oxygen atoms in total. The molecule has 1 aliphatic rings. The van der Waals surface area contributed by atoms with Gasteiger partial charge in [-0.25, -0.2) is 9.78 Å². The SMILES string of the molecule is COOC1NCCc2ccccc21. The molecule has 0 bridgehead atoms. The molecule has 1 aromatic carbocycles. The minimum atomic E-state index is -0.116. The van der Waals surface area contributed by atoms with Crippen molar-refractivity contribution in [1.82, 2.24) is 5.32 Å². The third-order valence-electron chi connectivity index (χ3n) is 2.25. The smallest absolute Gasteiger partial charge is 0.169 e. The summed E-state index contributed by atoms with van der Waals surface area (Å²) in [6.45, 7) is 0.936. The van der Waals surface area contributed by atoms with Crippen LogP contribution in [0, 0.1) is 0 Å². The van der Waals surface area contributed by atoms with E-state index in [2.05, 4.69) is 22.3 Å². The van der Waals surface area contributed by atoms with Gasteiger partial charge in [-0.15, -0.1) is 0 Å². The van der Waals surface area contributed by atoms with Gasteiger partial charge in [-0.2, -0.15) is 0 Å². The van der Waals surface area contributed by atoms with Crippen molar-refractivity contribution in [3.8, 4) is 0 Å². The molecular weight excluding hydrogens is 166 g/mol. The van der Waals surface area contributed by atoms with E-state index in [0.717, 1.165) is 13.0 Å². The second-order valence-corrected chi connectivity index (χ2v) is 3.05. The lowest BCUT2D eigenvalue weighted by atomic mass is 10.0. The first kappa shape index (κ1) is 8.69. The Morgan fingerprint density at radius 1 is 1.38 bits per heavy atom. The molecule has 3 heteroatoms. The lowest BCUT2D eigenvalue weighted by Crippen LogP contribution is -2.31. The Kier molecular flexibility index (Phi) is 2.59. The van der Waals surface area contributed by atoms with Crippen molar-refractivity contribution in [2.24, 2.45) is 0 Å². The molecule has 1 unspecified atom stereocenters. The fourth-order valence-corrected chi connectivity index (χ4v) is 1.65. The van der Waals surface area contributed by atoms with Gasteiger partial charge in [0.05, 0.1) is 7.11 Å². The van der Waals surface area contributed by atoms with Crippen LogP contribution in [0.4, 0.5) is 0 Å². The van der Waals surface area contributed by atoms with E-state index in [9.17, 15) is 0 Å². The van der Waals surface area contributed by atoms with E-state index in [-0.39, 0.29) is 6.23 Å². The highest BCUT2D eigenvalue weighted by atomic mass is 17.2. The number of hydrogen-bond donors (Lipinski definition) is 1. The Hall–Kier alpha value is -0.900. The third kappa shape index (κ3) is 1.72. The molecule has 0 saturated heterocycles. The molecule has 1 heterocycles. The average Bonchev–Trinajstić information content (AvgIpc) is 2.19. The van der Waals surface area contributed by atoms with E-state index >= 15 is 0 Å². The second kappa shape index (κ2) is 3.87. The van der Waals surface area contributed by atoms with Crippen LogP contribution in [0.3, 0.4) is 0 Å². The van der Waals surface area contributed by atoms with Crippen molar-refractivity contribution >= 4 is 0 Å². The van der Waals surface area contributed by atoms with Crippen molar-refractivity contribution in [3.63, 3.8) is 0 Å². The summed E-state index contributed by atoms with van der Waals surface area (Å²) in [5.41, 5.74) is 2.51. The molecule has 1 aromatic rings. The minimum Gasteiger partial charge on any atom is -0.285 e. The summed E-state index contributed by atoms with van der Waals surface area (Å²) in [4.78, 5) is 9.77. The first-order chi connectivity index (χ1) is 6.42. The zero-order valence-electron chi connectivity index (χ0n) is 7.62. The van der Waals surface area contributed by atoms with Crippen LogP contribution in [-0.2, 0) is 16.2 Å². The van der Waals surface area contributed by atoms with Gasteiger partial charge < -0.3 is 0 Å². The maximum Gasteiger partial charge on any atom is 0.169 e. The Morgan fingerprint density at radius 2 is 2.23 bits per heavy atom. The highest BCUT2D eigenvalue weighted by Crippen LogP contribution is 2.23. The molecule has 2 rings (SSSR count). The highest BCUT2D eigenvalue weighted by Gasteiger charge is 2.19. The van der Waals surface area contributed by atoms with E-state index in [1.807, 2.05) is 12.1 Å². The van der Waals surface area contributed by atoms with Crippen molar-refractivity contribution < 1.29 is 9.78 Å². The summed E-state index contributed by atoms with van der Waals surface area (Å²) in [6, 6.07) is 8.25. The lowest BCUT2D eigenvalue weighted by molar-refractivity contribution is -0.315. The van der Waals surface area contributed by atoms with Gasteiger partial charge >= 0.3 is 0 Å². The minimum absolute atomic E-state index is 0.116. The van der Waals surface area contributed by atoms with E-state index in [0.29, 0.717) is 0 Å². The van der Waals surface area contributed by atoms with Crippen LogP contribution < -0.4 is 5.32 Å². The van der Waals surface area contributed by atoms with Crippen LogP contribution in [0.25, 0.3) is 0 Å². The molecule has 1 N–H and O–H groups in total. The van der Waals surface area contributed by atoms with Crippen LogP contribution in [0.5, 0.6) is 0 Å². The zero-order valence-corrected chi connectivity index (χ0v) is 7.62. The van der Waals surface area contributed by atoms with Gasteiger partial charge in [-0.1, -0.05) is 24.3 Å². The molecule has 0 amide bonds. The fourth-order valence-electron chi connectivity index (χ4n) is 1.65. The summed E-state index contributed by atoms with van der Waals surface area (Å²) < 4.78 is 0. The van der Waals surface area contributed by atoms with Gasteiger partial charge in [0.15, 0.2) is 6.23 Å². The molecule has 1 aliphatic heterocycles. The lowest BCUT2D eigenvalue weighted by Gasteiger charge is -2.24. The Bertz CT molecular complexity index is 288. The van der Waals surface area contributed by atoms with Gasteiger partial charge in [0, 0.05) is 12.1 Å². The largest absolute Gasteiger partial charge is 0.285 e. The van der Waals surface area contributed by atoms with Gasteiger partial charge in [-0.3, -0.25) is 5.32 Å². The average molecular weight is 179 g/mol. The normalized spacial score (nSPS) is 21.2. The van der Waals surface area contributed by atoms with Crippen LogP contribution in [0.2, 0.25) is 0 Å². The van der Waals surface area contributed by atoms with Crippen LogP contribution in [0.1, 0.15) is 17.4 Å². The zero-order chi connectivity index (χ0) is 9.10. The summed E-state index contributed by atoms with van der Waals surface area (Å²) in [6.07, 6.45) is 0.940. The Labute approximate surface area is 77.6 Å². The topological polar surface area (TPSA) is 30.5 Å². The number of hydrogen-bond acceptors (Lipinski definition) is 3. The molecular formula is C10H13NO2. The van der Waals surface area contributed by atoms with Gasteiger partial charge in [0.2, 0.25) is 0 Å². The van der Waals surface area contributed by atoms with E-state index in [1.54, 1.807) is 0 Å². The molecule has 0 fully saturated rings. The number of benzene rings is 1. The first-order valence-corrected chi connectivity index (χ1v) is 4.42. The van der Waals surface area contributed by atoms with E-state index in [4.69, 9.17) is 4.89 Å². The number of nitrogens with one attached hydrogen (secondary N) is 1. The van der Waals surface area contributed by atoms with Crippen molar-refractivity contribution in [3.05, 3.63) is 35.4 Å². The summed E-state index contributed by atoms with van der Waals surface area (Å²) >= 11 is 0. The van der Waals surface area contributed by atoms with Gasteiger partial charge in [0.25, 0.3) is 0 Å². The van der Waals surface area contributed by atoms with Crippen molar-refractivity contribution in [2.75, 3.05) is 13.7 Å². The predicted octanol–water partition coefficient (Wildman–Crippen LogP) is 1.41. The molecule has 0 aromatic heterocycles. The van der Waals surface area contributed by atoms with Crippen molar-refractivity contribution in [2.45, 2.75) is 12.6 Å². The number of rotatable bonds is 2. The molecule has 1 atom stereocenters. The van der Waals surface area contributed by atoms with Crippen LogP contribution >= 0.6 is 0 Å². The van der Waals surface area contributed by atoms with E-state index in [1.165, 1.54) is 18.2 Å². The molecule has 0 saturated carbocycles. The van der Waals surface area contributed by atoms with Crippen LogP contribution in [0.15, 0.2) is 24.3 Å². The molecule has 0 radical (unpaired) electrons. The summed E-state index contributed by atoms with van der Waals surface area (Å²) in [5, 5.41) is 3.23. The van der Waals surface area contributed by atoms with E-state index < -0.39 is 0 Å². The predicted molar refractivity (Wildman–Crippen MR) is 49.0 cm³/mol. The number of fused-ring (bicyclic) bond motifs is 1. The van der Waals surface area contributed by atoms with Gasteiger partial charge in [0.1, 0.15) is 0 Å². The Balaban J connectivity index is 2.26. The third-order valence-corrected chi connectivity index (χ3v) is 2.25. The van der Waals surface area contributed by atoms with Gasteiger partial charge in [-0.05, 0) is 12.0 Å². The standard InChI is InChI=1S/C10H13NO2/c1-12-13-10-9-5-3-2-4-8(9)6-7-11-10/h2-5,10-11H,6-7H2,1H3. The second-order valence-electron chi connectivity index (χ2n) is 3.05. The Morgan fingerprint density at radius 3 is 3.08 bits per heavy atom. The molecule has 13 heavy (non-hydrogen) atoms. The summed E-state index contributed by atoms with van der Waals surface area (Å²) in [7, 11) is 1.53. The molecule has 0 aliphatic carbocycles. The molecule has 70 valence electrons. The van der Waals surface area contributed by atoms with Crippen LogP contribution in [-0.4, -0.2) is 13.7 Å². The maximum atomic E-state index is 5.10. The summed E-state index contributed by atoms with van der Waals surface area (Å²) in [5.74, 6) is 0. The monoisotopic (exact) mass is 179 g/mol. The quantitative estimate of drug-likeness (QED) is 0.550. The first-order valence-electron chi connectivity index (χ1n) is 4.42. The molecule has 0 spiro atoms.